The minimum absolute atomic E-state index is 0.280. The molecule has 2 N–H and O–H groups in total. The lowest BCUT2D eigenvalue weighted by molar-refractivity contribution is 0.133. The van der Waals surface area contributed by atoms with Crippen LogP contribution in [0.3, 0.4) is 0 Å². The number of benzene rings is 2. The minimum Gasteiger partial charge on any atom is -0.492 e. The third-order valence-electron chi connectivity index (χ3n) is 6.33. The monoisotopic (exact) mass is 499 g/mol. The second-order valence-electron chi connectivity index (χ2n) is 8.84. The van der Waals surface area contributed by atoms with Crippen LogP contribution in [0, 0.1) is 5.82 Å². The number of nitrogens with one attached hydrogen (secondary N) is 2. The Labute approximate surface area is 210 Å². The summed E-state index contributed by atoms with van der Waals surface area (Å²) < 4.78 is 21.0. The number of nitrogens with zero attached hydrogens (tertiary/aromatic N) is 3. The normalized spacial score (nSPS) is 16.2. The van der Waals surface area contributed by atoms with Crippen molar-refractivity contribution in [2.45, 2.75) is 38.8 Å². The van der Waals surface area contributed by atoms with E-state index < -0.39 is 0 Å². The molecule has 1 aliphatic rings. The Bertz CT molecular complexity index is 1130. The van der Waals surface area contributed by atoms with Crippen molar-refractivity contribution in [3.8, 4) is 17.0 Å². The third kappa shape index (κ3) is 6.52. The molecule has 1 saturated heterocycles. The number of piperidine rings is 1. The smallest absolute Gasteiger partial charge is 0.319 e. The van der Waals surface area contributed by atoms with Gasteiger partial charge in [-0.05, 0) is 62.2 Å². The second-order valence-corrected chi connectivity index (χ2v) is 9.25. The number of amides is 2. The van der Waals surface area contributed by atoms with Gasteiger partial charge >= 0.3 is 6.03 Å². The molecule has 0 aliphatic carbocycles. The van der Waals surface area contributed by atoms with Gasteiger partial charge in [0.05, 0.1) is 16.9 Å². The van der Waals surface area contributed by atoms with Gasteiger partial charge < -0.3 is 15.4 Å². The molecule has 9 heteroatoms. The Kier molecular flexibility index (Phi) is 8.25. The number of rotatable bonds is 8. The first-order chi connectivity index (χ1) is 16.9. The van der Waals surface area contributed by atoms with Crippen molar-refractivity contribution in [3.63, 3.8) is 0 Å². The number of halogens is 2. The van der Waals surface area contributed by atoms with E-state index >= 15 is 0 Å². The minimum atomic E-state index is -0.371. The standard InChI is InChI=1S/C26H31ClFN5O2/c1-18-5-3-4-12-33(18)13-14-35-24-11-10-21(15-22(24)25-23(27)17-30-32(25)2)31-26(34)29-16-19-6-8-20(28)9-7-19/h6-11,15,17-18H,3-5,12-14,16H2,1-2H3,(H2,29,31,34). The molecule has 2 heterocycles. The number of carbonyl (C=O) groups is 1. The maximum absolute atomic E-state index is 13.1. The van der Waals surface area contributed by atoms with Gasteiger partial charge in [0.2, 0.25) is 0 Å². The molecule has 2 aromatic carbocycles. The summed E-state index contributed by atoms with van der Waals surface area (Å²) in [6, 6.07) is 11.7. The van der Waals surface area contributed by atoms with Crippen molar-refractivity contribution >= 4 is 23.3 Å². The Morgan fingerprint density at radius 2 is 2.03 bits per heavy atom. The van der Waals surface area contributed by atoms with Crippen LogP contribution >= 0.6 is 11.6 Å². The number of ether oxygens (including phenoxy) is 1. The van der Waals surface area contributed by atoms with Crippen molar-refractivity contribution in [2.24, 2.45) is 7.05 Å². The summed E-state index contributed by atoms with van der Waals surface area (Å²) in [7, 11) is 1.82. The summed E-state index contributed by atoms with van der Waals surface area (Å²) in [5.41, 5.74) is 2.85. The van der Waals surface area contributed by atoms with Crippen molar-refractivity contribution in [3.05, 3.63) is 65.1 Å². The zero-order valence-electron chi connectivity index (χ0n) is 20.1. The lowest BCUT2D eigenvalue weighted by atomic mass is 10.0. The zero-order chi connectivity index (χ0) is 24.8. The van der Waals surface area contributed by atoms with E-state index in [1.807, 2.05) is 19.2 Å². The number of carbonyl (C=O) groups excluding carboxylic acids is 1. The molecule has 1 atom stereocenters. The molecule has 0 radical (unpaired) electrons. The number of anilines is 1. The topological polar surface area (TPSA) is 71.4 Å². The molecule has 1 aliphatic heterocycles. The van der Waals surface area contributed by atoms with Crippen LogP contribution in [0.5, 0.6) is 5.75 Å². The van der Waals surface area contributed by atoms with Crippen LogP contribution in [0.4, 0.5) is 14.9 Å². The molecule has 0 saturated carbocycles. The van der Waals surface area contributed by atoms with Gasteiger partial charge in [0.25, 0.3) is 0 Å². The first-order valence-corrected chi connectivity index (χ1v) is 12.3. The van der Waals surface area contributed by atoms with Crippen molar-refractivity contribution in [2.75, 3.05) is 25.0 Å². The summed E-state index contributed by atoms with van der Waals surface area (Å²) in [6.07, 6.45) is 5.32. The van der Waals surface area contributed by atoms with Gasteiger partial charge in [0.1, 0.15) is 18.2 Å². The van der Waals surface area contributed by atoms with Crippen molar-refractivity contribution in [1.29, 1.82) is 0 Å². The lowest BCUT2D eigenvalue weighted by Gasteiger charge is -2.33. The van der Waals surface area contributed by atoms with E-state index in [1.165, 1.54) is 31.4 Å². The van der Waals surface area contributed by atoms with E-state index in [2.05, 4.69) is 27.6 Å². The van der Waals surface area contributed by atoms with Crippen LogP contribution in [-0.4, -0.2) is 46.4 Å². The van der Waals surface area contributed by atoms with Crippen LogP contribution in [0.2, 0.25) is 5.02 Å². The number of hydrogen-bond donors (Lipinski definition) is 2. The van der Waals surface area contributed by atoms with E-state index in [1.54, 1.807) is 29.1 Å². The van der Waals surface area contributed by atoms with E-state index in [4.69, 9.17) is 16.3 Å². The Morgan fingerprint density at radius 3 is 2.74 bits per heavy atom. The SMILES string of the molecule is CC1CCCCN1CCOc1ccc(NC(=O)NCc2ccc(F)cc2)cc1-c1c(Cl)cnn1C. The summed E-state index contributed by atoms with van der Waals surface area (Å²) in [6.45, 7) is 5.05. The van der Waals surface area contributed by atoms with Gasteiger partial charge in [0.15, 0.2) is 0 Å². The molecule has 4 rings (SSSR count). The summed E-state index contributed by atoms with van der Waals surface area (Å²) in [4.78, 5) is 14.9. The second kappa shape index (κ2) is 11.6. The highest BCUT2D eigenvalue weighted by Gasteiger charge is 2.19. The van der Waals surface area contributed by atoms with Crippen molar-refractivity contribution in [1.82, 2.24) is 20.0 Å². The van der Waals surface area contributed by atoms with Gasteiger partial charge in [-0.2, -0.15) is 5.10 Å². The first-order valence-electron chi connectivity index (χ1n) is 11.9. The molecular weight excluding hydrogens is 469 g/mol. The summed E-state index contributed by atoms with van der Waals surface area (Å²) in [5, 5.41) is 10.4. The lowest BCUT2D eigenvalue weighted by Crippen LogP contribution is -2.39. The van der Waals surface area contributed by atoms with Crippen LogP contribution < -0.4 is 15.4 Å². The van der Waals surface area contributed by atoms with E-state index in [0.717, 1.165) is 24.2 Å². The fourth-order valence-corrected chi connectivity index (χ4v) is 4.62. The highest BCUT2D eigenvalue weighted by molar-refractivity contribution is 6.33. The average Bonchev–Trinajstić information content (AvgIpc) is 3.18. The molecule has 0 bridgehead atoms. The number of aromatic nitrogens is 2. The fraction of sp³-hybridized carbons (Fsp3) is 0.385. The van der Waals surface area contributed by atoms with E-state index in [9.17, 15) is 9.18 Å². The zero-order valence-corrected chi connectivity index (χ0v) is 20.8. The number of likely N-dealkylation sites (tertiary alicyclic amines) is 1. The highest BCUT2D eigenvalue weighted by Crippen LogP contribution is 2.36. The van der Waals surface area contributed by atoms with Gasteiger partial charge in [0, 0.05) is 37.4 Å². The highest BCUT2D eigenvalue weighted by atomic mass is 35.5. The molecule has 0 spiro atoms. The molecule has 3 aromatic rings. The Hall–Kier alpha value is -3.10. The van der Waals surface area contributed by atoms with Crippen LogP contribution in [0.15, 0.2) is 48.7 Å². The van der Waals surface area contributed by atoms with Crippen molar-refractivity contribution < 1.29 is 13.9 Å². The fourth-order valence-electron chi connectivity index (χ4n) is 4.35. The number of hydrogen-bond acceptors (Lipinski definition) is 4. The quantitative estimate of drug-likeness (QED) is 0.432. The Balaban J connectivity index is 1.45. The van der Waals surface area contributed by atoms with Gasteiger partial charge in [-0.1, -0.05) is 30.2 Å². The predicted molar refractivity (Wildman–Crippen MR) is 136 cm³/mol. The van der Waals surface area contributed by atoms with Gasteiger partial charge in [-0.15, -0.1) is 0 Å². The third-order valence-corrected chi connectivity index (χ3v) is 6.61. The molecule has 35 heavy (non-hydrogen) atoms. The molecule has 2 amide bonds. The Morgan fingerprint density at radius 1 is 1.23 bits per heavy atom. The summed E-state index contributed by atoms with van der Waals surface area (Å²) in [5.74, 6) is 0.365. The maximum atomic E-state index is 13.1. The van der Waals surface area contributed by atoms with Gasteiger partial charge in [-0.25, -0.2) is 9.18 Å². The number of aryl methyl sites for hydroxylation is 1. The largest absolute Gasteiger partial charge is 0.492 e. The van der Waals surface area contributed by atoms with Crippen LogP contribution in [0.25, 0.3) is 11.3 Å². The average molecular weight is 500 g/mol. The molecule has 1 aromatic heterocycles. The molecule has 1 unspecified atom stereocenters. The molecule has 1 fully saturated rings. The maximum Gasteiger partial charge on any atom is 0.319 e. The molecule has 186 valence electrons. The predicted octanol–water partition coefficient (Wildman–Crippen LogP) is 5.45. The van der Waals surface area contributed by atoms with Crippen LogP contribution in [0.1, 0.15) is 31.7 Å². The summed E-state index contributed by atoms with van der Waals surface area (Å²) >= 11 is 6.44. The van der Waals surface area contributed by atoms with Crippen LogP contribution in [-0.2, 0) is 13.6 Å². The van der Waals surface area contributed by atoms with E-state index in [-0.39, 0.29) is 18.4 Å². The molecule has 7 nitrogen and oxygen atoms in total. The number of urea groups is 1. The van der Waals surface area contributed by atoms with Gasteiger partial charge in [-0.3, -0.25) is 9.58 Å². The van der Waals surface area contributed by atoms with E-state index in [0.29, 0.717) is 34.8 Å². The molecular formula is C26H31ClFN5O2. The first kappa shape index (κ1) is 25.0.